The van der Waals surface area contributed by atoms with E-state index < -0.39 is 10.0 Å². The minimum atomic E-state index is -3.26. The molecule has 0 spiro atoms. The number of sulfonamides is 1. The third-order valence-electron chi connectivity index (χ3n) is 3.66. The Hall–Kier alpha value is -1.34. The first-order valence-electron chi connectivity index (χ1n) is 6.98. The predicted molar refractivity (Wildman–Crippen MR) is 91.3 cm³/mol. The molecular weight excluding hydrogens is 306 g/mol. The van der Waals surface area contributed by atoms with Crippen molar-refractivity contribution in [3.05, 3.63) is 24.3 Å². The molecule has 0 aromatic heterocycles. The van der Waals surface area contributed by atoms with Crippen LogP contribution in [0.3, 0.4) is 0 Å². The van der Waals surface area contributed by atoms with Gasteiger partial charge in [-0.3, -0.25) is 4.31 Å². The van der Waals surface area contributed by atoms with Crippen LogP contribution < -0.4 is 14.9 Å². The van der Waals surface area contributed by atoms with E-state index in [2.05, 4.69) is 10.6 Å². The fourth-order valence-electron chi connectivity index (χ4n) is 2.39. The Kier molecular flexibility index (Phi) is 5.05. The lowest BCUT2D eigenvalue weighted by Crippen LogP contribution is -2.36. The van der Waals surface area contributed by atoms with Crippen molar-refractivity contribution < 1.29 is 8.42 Å². The van der Waals surface area contributed by atoms with Crippen molar-refractivity contribution in [2.75, 3.05) is 22.9 Å². The molecule has 0 saturated heterocycles. The highest BCUT2D eigenvalue weighted by atomic mass is 32.2. The van der Waals surface area contributed by atoms with E-state index in [1.807, 2.05) is 6.07 Å². The van der Waals surface area contributed by atoms with E-state index in [0.29, 0.717) is 16.8 Å². The number of rotatable bonds is 4. The first-order valence-corrected chi connectivity index (χ1v) is 9.23. The SMILES string of the molecule is CN(c1cccc(NC(=S)NC2CCCC2)c1)S(C)(=O)=O. The van der Waals surface area contributed by atoms with Crippen molar-refractivity contribution >= 4 is 38.7 Å². The summed E-state index contributed by atoms with van der Waals surface area (Å²) in [5.41, 5.74) is 1.38. The van der Waals surface area contributed by atoms with Crippen LogP contribution in [0, 0.1) is 0 Å². The number of nitrogens with zero attached hydrogens (tertiary/aromatic N) is 1. The number of anilines is 2. The molecule has 1 aromatic rings. The zero-order chi connectivity index (χ0) is 15.5. The van der Waals surface area contributed by atoms with E-state index in [4.69, 9.17) is 12.2 Å². The molecule has 5 nitrogen and oxygen atoms in total. The van der Waals surface area contributed by atoms with Crippen LogP contribution in [0.2, 0.25) is 0 Å². The van der Waals surface area contributed by atoms with Crippen LogP contribution in [0.5, 0.6) is 0 Å². The van der Waals surface area contributed by atoms with Crippen LogP contribution in [0.1, 0.15) is 25.7 Å². The van der Waals surface area contributed by atoms with Crippen molar-refractivity contribution in [1.82, 2.24) is 5.32 Å². The van der Waals surface area contributed by atoms with Gasteiger partial charge in [0.1, 0.15) is 0 Å². The summed E-state index contributed by atoms with van der Waals surface area (Å²) in [5, 5.41) is 6.99. The lowest BCUT2D eigenvalue weighted by atomic mass is 10.2. The number of hydrogen-bond acceptors (Lipinski definition) is 3. The minimum Gasteiger partial charge on any atom is -0.360 e. The molecule has 1 aliphatic rings. The molecule has 0 aliphatic heterocycles. The Morgan fingerprint density at radius 1 is 1.33 bits per heavy atom. The van der Waals surface area contributed by atoms with E-state index in [1.54, 1.807) is 18.2 Å². The van der Waals surface area contributed by atoms with Crippen molar-refractivity contribution in [2.45, 2.75) is 31.7 Å². The smallest absolute Gasteiger partial charge is 0.231 e. The van der Waals surface area contributed by atoms with Gasteiger partial charge in [0, 0.05) is 18.8 Å². The molecule has 0 bridgehead atoms. The van der Waals surface area contributed by atoms with Gasteiger partial charge in [-0.2, -0.15) is 0 Å². The standard InChI is InChI=1S/C14H21N3O2S2/c1-17(21(2,18)19)13-9-5-8-12(10-13)16-14(20)15-11-6-3-4-7-11/h5,8-11H,3-4,6-7H2,1-2H3,(H2,15,16,20). The summed E-state index contributed by atoms with van der Waals surface area (Å²) in [6.45, 7) is 0. The molecule has 1 saturated carbocycles. The molecule has 116 valence electrons. The monoisotopic (exact) mass is 327 g/mol. The van der Waals surface area contributed by atoms with Crippen molar-refractivity contribution in [3.8, 4) is 0 Å². The Balaban J connectivity index is 2.02. The quantitative estimate of drug-likeness (QED) is 0.831. The number of nitrogens with one attached hydrogen (secondary N) is 2. The summed E-state index contributed by atoms with van der Waals surface area (Å²) in [6, 6.07) is 7.63. The Labute approximate surface area is 131 Å². The normalized spacial score (nSPS) is 15.7. The van der Waals surface area contributed by atoms with Gasteiger partial charge in [-0.15, -0.1) is 0 Å². The van der Waals surface area contributed by atoms with Crippen LogP contribution in [0.25, 0.3) is 0 Å². The molecule has 1 fully saturated rings. The summed E-state index contributed by atoms with van der Waals surface area (Å²) >= 11 is 5.30. The molecule has 21 heavy (non-hydrogen) atoms. The summed E-state index contributed by atoms with van der Waals surface area (Å²) in [4.78, 5) is 0. The second kappa shape index (κ2) is 6.62. The molecule has 0 heterocycles. The van der Waals surface area contributed by atoms with E-state index in [-0.39, 0.29) is 0 Å². The summed E-state index contributed by atoms with van der Waals surface area (Å²) in [6.07, 6.45) is 5.97. The second-order valence-corrected chi connectivity index (χ2v) is 7.78. The van der Waals surface area contributed by atoms with Gasteiger partial charge in [0.15, 0.2) is 5.11 Å². The number of benzene rings is 1. The van der Waals surface area contributed by atoms with E-state index in [0.717, 1.165) is 18.5 Å². The number of thiocarbonyl (C=S) groups is 1. The average Bonchev–Trinajstić information content (AvgIpc) is 2.89. The van der Waals surface area contributed by atoms with Crippen molar-refractivity contribution in [3.63, 3.8) is 0 Å². The first-order chi connectivity index (χ1) is 9.86. The molecular formula is C14H21N3O2S2. The maximum Gasteiger partial charge on any atom is 0.231 e. The summed E-state index contributed by atoms with van der Waals surface area (Å²) < 4.78 is 24.4. The predicted octanol–water partition coefficient (Wildman–Crippen LogP) is 2.31. The van der Waals surface area contributed by atoms with Crippen LogP contribution in [0.4, 0.5) is 11.4 Å². The first kappa shape index (κ1) is 16.0. The Bertz CT molecular complexity index is 610. The average molecular weight is 327 g/mol. The molecule has 1 aliphatic carbocycles. The van der Waals surface area contributed by atoms with Crippen molar-refractivity contribution in [1.29, 1.82) is 0 Å². The Morgan fingerprint density at radius 2 is 2.00 bits per heavy atom. The number of hydrogen-bond donors (Lipinski definition) is 2. The van der Waals surface area contributed by atoms with Crippen molar-refractivity contribution in [2.24, 2.45) is 0 Å². The molecule has 0 unspecified atom stereocenters. The zero-order valence-corrected chi connectivity index (χ0v) is 13.9. The third-order valence-corrected chi connectivity index (χ3v) is 5.08. The molecule has 2 rings (SSSR count). The van der Waals surface area contributed by atoms with Gasteiger partial charge in [-0.25, -0.2) is 8.42 Å². The van der Waals surface area contributed by atoms with Gasteiger partial charge >= 0.3 is 0 Å². The van der Waals surface area contributed by atoms with E-state index in [1.165, 1.54) is 30.5 Å². The van der Waals surface area contributed by atoms with Gasteiger partial charge in [0.25, 0.3) is 0 Å². The van der Waals surface area contributed by atoms with Gasteiger partial charge in [0.2, 0.25) is 10.0 Å². The fourth-order valence-corrected chi connectivity index (χ4v) is 3.17. The van der Waals surface area contributed by atoms with Gasteiger partial charge in [0.05, 0.1) is 11.9 Å². The van der Waals surface area contributed by atoms with Gasteiger partial charge < -0.3 is 10.6 Å². The lowest BCUT2D eigenvalue weighted by Gasteiger charge is -2.19. The summed E-state index contributed by atoms with van der Waals surface area (Å²) in [7, 11) is -1.73. The molecule has 0 amide bonds. The Morgan fingerprint density at radius 3 is 2.62 bits per heavy atom. The summed E-state index contributed by atoms with van der Waals surface area (Å²) in [5.74, 6) is 0. The molecule has 0 atom stereocenters. The van der Waals surface area contributed by atoms with Gasteiger partial charge in [-0.1, -0.05) is 18.9 Å². The molecule has 7 heteroatoms. The lowest BCUT2D eigenvalue weighted by molar-refractivity contribution is 0.600. The van der Waals surface area contributed by atoms with Crippen LogP contribution in [-0.4, -0.2) is 32.9 Å². The third kappa shape index (κ3) is 4.57. The highest BCUT2D eigenvalue weighted by molar-refractivity contribution is 7.92. The topological polar surface area (TPSA) is 61.4 Å². The highest BCUT2D eigenvalue weighted by Crippen LogP contribution is 2.21. The van der Waals surface area contributed by atoms with E-state index in [9.17, 15) is 8.42 Å². The maximum absolute atomic E-state index is 11.6. The fraction of sp³-hybridized carbons (Fsp3) is 0.500. The van der Waals surface area contributed by atoms with Crippen LogP contribution >= 0.6 is 12.2 Å². The molecule has 2 N–H and O–H groups in total. The molecule has 1 aromatic carbocycles. The second-order valence-electron chi connectivity index (χ2n) is 5.36. The molecule has 0 radical (unpaired) electrons. The van der Waals surface area contributed by atoms with E-state index >= 15 is 0 Å². The van der Waals surface area contributed by atoms with Crippen LogP contribution in [-0.2, 0) is 10.0 Å². The highest BCUT2D eigenvalue weighted by Gasteiger charge is 2.16. The minimum absolute atomic E-state index is 0.451. The maximum atomic E-state index is 11.6. The zero-order valence-electron chi connectivity index (χ0n) is 12.3. The van der Waals surface area contributed by atoms with Gasteiger partial charge in [-0.05, 0) is 43.3 Å². The van der Waals surface area contributed by atoms with Crippen LogP contribution in [0.15, 0.2) is 24.3 Å². The largest absolute Gasteiger partial charge is 0.360 e.